The van der Waals surface area contributed by atoms with Gasteiger partial charge in [0.15, 0.2) is 0 Å². The van der Waals surface area contributed by atoms with Crippen LogP contribution < -0.4 is 5.32 Å². The van der Waals surface area contributed by atoms with Gasteiger partial charge in [0.25, 0.3) is 0 Å². The second kappa shape index (κ2) is 6.37. The summed E-state index contributed by atoms with van der Waals surface area (Å²) in [4.78, 5) is 8.07. The molecule has 4 heteroatoms. The Morgan fingerprint density at radius 2 is 2.15 bits per heavy atom. The molecule has 0 aromatic carbocycles. The van der Waals surface area contributed by atoms with E-state index in [0.29, 0.717) is 5.95 Å². The molecule has 0 saturated heterocycles. The SMILES string of the molecule is CCOCCCNc1ncccn1. The summed E-state index contributed by atoms with van der Waals surface area (Å²) in [6.45, 7) is 4.41. The zero-order chi connectivity index (χ0) is 9.36. The number of hydrogen-bond acceptors (Lipinski definition) is 4. The molecule has 0 spiro atoms. The lowest BCUT2D eigenvalue weighted by atomic mass is 10.4. The van der Waals surface area contributed by atoms with Crippen LogP contribution in [0.5, 0.6) is 0 Å². The van der Waals surface area contributed by atoms with Gasteiger partial charge in [-0.3, -0.25) is 0 Å². The van der Waals surface area contributed by atoms with E-state index in [1.165, 1.54) is 0 Å². The molecule has 0 aliphatic heterocycles. The van der Waals surface area contributed by atoms with Gasteiger partial charge >= 0.3 is 0 Å². The van der Waals surface area contributed by atoms with E-state index in [1.54, 1.807) is 18.5 Å². The van der Waals surface area contributed by atoms with Crippen molar-refractivity contribution in [3.8, 4) is 0 Å². The second-order valence-electron chi connectivity index (χ2n) is 2.55. The van der Waals surface area contributed by atoms with E-state index >= 15 is 0 Å². The van der Waals surface area contributed by atoms with E-state index in [9.17, 15) is 0 Å². The van der Waals surface area contributed by atoms with E-state index in [4.69, 9.17) is 4.74 Å². The van der Waals surface area contributed by atoms with Crippen LogP contribution in [0.4, 0.5) is 5.95 Å². The second-order valence-corrected chi connectivity index (χ2v) is 2.55. The van der Waals surface area contributed by atoms with Crippen molar-refractivity contribution >= 4 is 5.95 Å². The van der Waals surface area contributed by atoms with Crippen molar-refractivity contribution in [3.63, 3.8) is 0 Å². The van der Waals surface area contributed by atoms with Gasteiger partial charge in [-0.1, -0.05) is 0 Å². The van der Waals surface area contributed by atoms with Crippen LogP contribution in [0.2, 0.25) is 0 Å². The van der Waals surface area contributed by atoms with Crippen LogP contribution in [0.1, 0.15) is 13.3 Å². The topological polar surface area (TPSA) is 47.0 Å². The maximum Gasteiger partial charge on any atom is 0.222 e. The van der Waals surface area contributed by atoms with E-state index in [1.807, 2.05) is 6.92 Å². The molecule has 0 unspecified atom stereocenters. The lowest BCUT2D eigenvalue weighted by Gasteiger charge is -2.03. The van der Waals surface area contributed by atoms with Crippen molar-refractivity contribution in [2.45, 2.75) is 13.3 Å². The van der Waals surface area contributed by atoms with E-state index in [2.05, 4.69) is 15.3 Å². The number of rotatable bonds is 6. The molecular formula is C9H15N3O. The number of hydrogen-bond donors (Lipinski definition) is 1. The standard InChI is InChI=1S/C9H15N3O/c1-2-13-8-4-7-12-9-10-5-3-6-11-9/h3,5-6H,2,4,7-8H2,1H3,(H,10,11,12). The summed E-state index contributed by atoms with van der Waals surface area (Å²) in [6.07, 6.45) is 4.42. The van der Waals surface area contributed by atoms with Gasteiger partial charge < -0.3 is 10.1 Å². The highest BCUT2D eigenvalue weighted by Crippen LogP contribution is 1.93. The molecule has 0 radical (unpaired) electrons. The van der Waals surface area contributed by atoms with Crippen LogP contribution in [0.25, 0.3) is 0 Å². The molecule has 1 heterocycles. The smallest absolute Gasteiger partial charge is 0.222 e. The van der Waals surface area contributed by atoms with E-state index in [0.717, 1.165) is 26.2 Å². The lowest BCUT2D eigenvalue weighted by Crippen LogP contribution is -2.07. The van der Waals surface area contributed by atoms with Crippen LogP contribution in [0.3, 0.4) is 0 Å². The Hall–Kier alpha value is -1.16. The number of nitrogens with zero attached hydrogens (tertiary/aromatic N) is 2. The van der Waals surface area contributed by atoms with Crippen LogP contribution in [-0.4, -0.2) is 29.7 Å². The molecule has 0 atom stereocenters. The fraction of sp³-hybridized carbons (Fsp3) is 0.556. The quantitative estimate of drug-likeness (QED) is 0.672. The predicted molar refractivity (Wildman–Crippen MR) is 51.6 cm³/mol. The predicted octanol–water partition coefficient (Wildman–Crippen LogP) is 1.32. The fourth-order valence-electron chi connectivity index (χ4n) is 0.909. The third-order valence-electron chi connectivity index (χ3n) is 1.52. The van der Waals surface area contributed by atoms with Crippen molar-refractivity contribution < 1.29 is 4.74 Å². The van der Waals surface area contributed by atoms with Gasteiger partial charge in [-0.25, -0.2) is 9.97 Å². The monoisotopic (exact) mass is 181 g/mol. The summed E-state index contributed by atoms with van der Waals surface area (Å²) in [5, 5.41) is 3.10. The molecule has 13 heavy (non-hydrogen) atoms. The van der Waals surface area contributed by atoms with Crippen molar-refractivity contribution in [3.05, 3.63) is 18.5 Å². The molecule has 1 aromatic rings. The van der Waals surface area contributed by atoms with Crippen molar-refractivity contribution in [1.82, 2.24) is 9.97 Å². The molecule has 0 aliphatic carbocycles. The number of ether oxygens (including phenoxy) is 1. The van der Waals surface area contributed by atoms with Gasteiger partial charge in [-0.05, 0) is 19.4 Å². The summed E-state index contributed by atoms with van der Waals surface area (Å²) in [7, 11) is 0. The summed E-state index contributed by atoms with van der Waals surface area (Å²) in [5.41, 5.74) is 0. The third kappa shape index (κ3) is 4.42. The van der Waals surface area contributed by atoms with Gasteiger partial charge in [-0.2, -0.15) is 0 Å². The average molecular weight is 181 g/mol. The highest BCUT2D eigenvalue weighted by molar-refractivity contribution is 5.21. The van der Waals surface area contributed by atoms with Crippen LogP contribution in [0.15, 0.2) is 18.5 Å². The molecular weight excluding hydrogens is 166 g/mol. The highest BCUT2D eigenvalue weighted by atomic mass is 16.5. The van der Waals surface area contributed by atoms with Crippen molar-refractivity contribution in [1.29, 1.82) is 0 Å². The highest BCUT2D eigenvalue weighted by Gasteiger charge is 1.91. The summed E-state index contributed by atoms with van der Waals surface area (Å²) in [6, 6.07) is 1.80. The summed E-state index contributed by atoms with van der Waals surface area (Å²) < 4.78 is 5.19. The molecule has 0 fully saturated rings. The number of aromatic nitrogens is 2. The van der Waals surface area contributed by atoms with Crippen molar-refractivity contribution in [2.75, 3.05) is 25.1 Å². The molecule has 0 bridgehead atoms. The average Bonchev–Trinajstić information content (AvgIpc) is 2.19. The largest absolute Gasteiger partial charge is 0.382 e. The summed E-state index contributed by atoms with van der Waals surface area (Å²) in [5.74, 6) is 0.680. The number of anilines is 1. The molecule has 72 valence electrons. The van der Waals surface area contributed by atoms with Gasteiger partial charge in [0, 0.05) is 32.2 Å². The Kier molecular flexibility index (Phi) is 4.86. The molecule has 1 aromatic heterocycles. The summed E-state index contributed by atoms with van der Waals surface area (Å²) >= 11 is 0. The first kappa shape index (κ1) is 9.92. The molecule has 1 N–H and O–H groups in total. The van der Waals surface area contributed by atoms with Gasteiger partial charge in [0.2, 0.25) is 5.95 Å². The minimum Gasteiger partial charge on any atom is -0.382 e. The normalized spacial score (nSPS) is 9.92. The zero-order valence-corrected chi connectivity index (χ0v) is 7.86. The lowest BCUT2D eigenvalue weighted by molar-refractivity contribution is 0.147. The molecule has 0 saturated carbocycles. The van der Waals surface area contributed by atoms with Crippen molar-refractivity contribution in [2.24, 2.45) is 0 Å². The number of nitrogens with one attached hydrogen (secondary N) is 1. The van der Waals surface area contributed by atoms with Crippen LogP contribution >= 0.6 is 0 Å². The Morgan fingerprint density at radius 1 is 1.38 bits per heavy atom. The molecule has 0 amide bonds. The van der Waals surface area contributed by atoms with E-state index < -0.39 is 0 Å². The first-order valence-electron chi connectivity index (χ1n) is 4.52. The Bertz CT molecular complexity index is 215. The fourth-order valence-corrected chi connectivity index (χ4v) is 0.909. The molecule has 4 nitrogen and oxygen atoms in total. The minimum atomic E-state index is 0.680. The van der Waals surface area contributed by atoms with Crippen LogP contribution in [0, 0.1) is 0 Å². The maximum atomic E-state index is 5.19. The Labute approximate surface area is 78.4 Å². The first-order valence-corrected chi connectivity index (χ1v) is 4.52. The van der Waals surface area contributed by atoms with E-state index in [-0.39, 0.29) is 0 Å². The first-order chi connectivity index (χ1) is 6.43. The van der Waals surface area contributed by atoms with Crippen LogP contribution in [-0.2, 0) is 4.74 Å². The van der Waals surface area contributed by atoms with Gasteiger partial charge in [0.05, 0.1) is 0 Å². The maximum absolute atomic E-state index is 5.19. The third-order valence-corrected chi connectivity index (χ3v) is 1.52. The van der Waals surface area contributed by atoms with Gasteiger partial charge in [0.1, 0.15) is 0 Å². The Morgan fingerprint density at radius 3 is 2.85 bits per heavy atom. The van der Waals surface area contributed by atoms with Gasteiger partial charge in [-0.15, -0.1) is 0 Å². The Balaban J connectivity index is 2.07. The molecule has 0 aliphatic rings. The minimum absolute atomic E-state index is 0.680. The molecule has 1 rings (SSSR count). The zero-order valence-electron chi connectivity index (χ0n) is 7.86.